The van der Waals surface area contributed by atoms with Crippen LogP contribution in [0.15, 0.2) is 23.3 Å². The maximum atomic E-state index is 11.2. The summed E-state index contributed by atoms with van der Waals surface area (Å²) in [5.74, 6) is 0.554. The van der Waals surface area contributed by atoms with Gasteiger partial charge in [-0.3, -0.25) is 4.79 Å². The van der Waals surface area contributed by atoms with E-state index in [9.17, 15) is 4.79 Å². The smallest absolute Gasteiger partial charge is 0.230 e. The maximum absolute atomic E-state index is 11.2. The van der Waals surface area contributed by atoms with Crippen molar-refractivity contribution in [3.05, 3.63) is 18.3 Å². The molecule has 1 amide bonds. The summed E-state index contributed by atoms with van der Waals surface area (Å²) in [4.78, 5) is 19.5. The number of amides is 1. The van der Waals surface area contributed by atoms with Gasteiger partial charge in [-0.15, -0.1) is 0 Å². The highest BCUT2D eigenvalue weighted by atomic mass is 16.1. The van der Waals surface area contributed by atoms with Gasteiger partial charge in [-0.1, -0.05) is 0 Å². The number of nitrogens with zero attached hydrogens (tertiary/aromatic N) is 2. The molecule has 0 spiro atoms. The normalized spacial score (nSPS) is 15.5. The van der Waals surface area contributed by atoms with Gasteiger partial charge in [0.15, 0.2) is 5.82 Å². The minimum atomic E-state index is -0.0343. The van der Waals surface area contributed by atoms with E-state index >= 15 is 0 Å². The summed E-state index contributed by atoms with van der Waals surface area (Å²) in [6.45, 7) is 1.82. The van der Waals surface area contributed by atoms with E-state index in [0.717, 1.165) is 5.71 Å². The van der Waals surface area contributed by atoms with Crippen molar-refractivity contribution in [2.24, 2.45) is 4.99 Å². The van der Waals surface area contributed by atoms with E-state index in [1.807, 2.05) is 6.92 Å². The molecule has 0 saturated carbocycles. The molecule has 4 heteroatoms. The minimum absolute atomic E-state index is 0.0343. The van der Waals surface area contributed by atoms with Crippen LogP contribution in [0.1, 0.15) is 13.3 Å². The first-order valence-electron chi connectivity index (χ1n) is 4.05. The number of anilines is 1. The Balaban J connectivity index is 2.51. The Kier molecular flexibility index (Phi) is 1.81. The molecule has 1 N–H and O–H groups in total. The number of carbonyl (C=O) groups excluding carboxylic acids is 1. The lowest BCUT2D eigenvalue weighted by Gasteiger charge is -2.01. The summed E-state index contributed by atoms with van der Waals surface area (Å²) in [6.07, 6.45) is 2.00. The molecule has 1 aliphatic rings. The Morgan fingerprint density at radius 2 is 2.38 bits per heavy atom. The fourth-order valence-electron chi connectivity index (χ4n) is 1.23. The third-order valence-electron chi connectivity index (χ3n) is 1.77. The Bertz CT molecular complexity index is 384. The summed E-state index contributed by atoms with van der Waals surface area (Å²) >= 11 is 0. The molecule has 13 heavy (non-hydrogen) atoms. The van der Waals surface area contributed by atoms with Crippen molar-refractivity contribution in [1.82, 2.24) is 4.98 Å². The van der Waals surface area contributed by atoms with Crippen LogP contribution in [0.2, 0.25) is 0 Å². The molecule has 0 fully saturated rings. The quantitative estimate of drug-likeness (QED) is 0.649. The molecule has 1 aromatic rings. The summed E-state index contributed by atoms with van der Waals surface area (Å²) < 4.78 is 0. The number of hydrogen-bond donors (Lipinski definition) is 1. The highest BCUT2D eigenvalue weighted by Crippen LogP contribution is 2.23. The predicted octanol–water partition coefficient (Wildman–Crippen LogP) is 1.52. The van der Waals surface area contributed by atoms with Crippen molar-refractivity contribution < 1.29 is 4.79 Å². The molecule has 0 aromatic carbocycles. The van der Waals surface area contributed by atoms with E-state index in [1.165, 1.54) is 0 Å². The Morgan fingerprint density at radius 3 is 3.23 bits per heavy atom. The first kappa shape index (κ1) is 7.91. The Labute approximate surface area is 75.7 Å². The van der Waals surface area contributed by atoms with Crippen molar-refractivity contribution >= 4 is 23.1 Å². The highest BCUT2D eigenvalue weighted by Gasteiger charge is 2.12. The summed E-state index contributed by atoms with van der Waals surface area (Å²) in [5.41, 5.74) is 1.47. The third kappa shape index (κ3) is 1.56. The van der Waals surface area contributed by atoms with Gasteiger partial charge < -0.3 is 5.32 Å². The van der Waals surface area contributed by atoms with Gasteiger partial charge in [0, 0.05) is 11.9 Å². The molecule has 4 nitrogen and oxygen atoms in total. The molecule has 2 rings (SSSR count). The van der Waals surface area contributed by atoms with E-state index < -0.39 is 0 Å². The van der Waals surface area contributed by atoms with Gasteiger partial charge in [-0.25, -0.2) is 9.98 Å². The molecule has 1 aromatic heterocycles. The number of rotatable bonds is 0. The van der Waals surface area contributed by atoms with E-state index in [0.29, 0.717) is 17.9 Å². The van der Waals surface area contributed by atoms with E-state index in [2.05, 4.69) is 15.3 Å². The monoisotopic (exact) mass is 175 g/mol. The summed E-state index contributed by atoms with van der Waals surface area (Å²) in [6, 6.07) is 3.57. The zero-order valence-electron chi connectivity index (χ0n) is 7.24. The molecule has 0 radical (unpaired) electrons. The summed E-state index contributed by atoms with van der Waals surface area (Å²) in [5, 5.41) is 2.74. The van der Waals surface area contributed by atoms with Crippen LogP contribution in [-0.2, 0) is 4.79 Å². The van der Waals surface area contributed by atoms with Crippen LogP contribution >= 0.6 is 0 Å². The largest absolute Gasteiger partial charge is 0.323 e. The average Bonchev–Trinajstić information content (AvgIpc) is 2.20. The molecule has 0 atom stereocenters. The molecular weight excluding hydrogens is 166 g/mol. The third-order valence-corrected chi connectivity index (χ3v) is 1.77. The van der Waals surface area contributed by atoms with E-state index in [-0.39, 0.29) is 5.91 Å². The zero-order valence-corrected chi connectivity index (χ0v) is 7.24. The number of nitrogens with one attached hydrogen (secondary N) is 1. The van der Waals surface area contributed by atoms with Crippen LogP contribution in [0.4, 0.5) is 11.5 Å². The van der Waals surface area contributed by atoms with Crippen molar-refractivity contribution in [2.45, 2.75) is 13.3 Å². The predicted molar refractivity (Wildman–Crippen MR) is 50.3 cm³/mol. The van der Waals surface area contributed by atoms with Crippen molar-refractivity contribution in [2.75, 3.05) is 5.32 Å². The molecule has 66 valence electrons. The lowest BCUT2D eigenvalue weighted by Crippen LogP contribution is -2.12. The van der Waals surface area contributed by atoms with Crippen LogP contribution < -0.4 is 5.32 Å². The maximum Gasteiger partial charge on any atom is 0.230 e. The number of aromatic nitrogens is 1. The van der Waals surface area contributed by atoms with Gasteiger partial charge in [-0.2, -0.15) is 0 Å². The van der Waals surface area contributed by atoms with Crippen LogP contribution in [0, 0.1) is 0 Å². The molecule has 0 bridgehead atoms. The molecule has 2 heterocycles. The molecule has 0 saturated heterocycles. The number of hydrogen-bond acceptors (Lipinski definition) is 3. The number of pyridine rings is 1. The van der Waals surface area contributed by atoms with Gasteiger partial charge >= 0.3 is 0 Å². The first-order chi connectivity index (χ1) is 6.25. The zero-order chi connectivity index (χ0) is 9.26. The van der Waals surface area contributed by atoms with Crippen molar-refractivity contribution in [3.8, 4) is 0 Å². The van der Waals surface area contributed by atoms with Gasteiger partial charge in [0.2, 0.25) is 5.91 Å². The second-order valence-corrected chi connectivity index (χ2v) is 2.95. The minimum Gasteiger partial charge on any atom is -0.323 e. The SMILES string of the molecule is CC1=Nc2ncccc2NC(=O)C1. The van der Waals surface area contributed by atoms with Crippen molar-refractivity contribution in [3.63, 3.8) is 0 Å². The van der Waals surface area contributed by atoms with E-state index in [4.69, 9.17) is 0 Å². The number of fused-ring (bicyclic) bond motifs is 1. The molecular formula is C9H9N3O. The van der Waals surface area contributed by atoms with Gasteiger partial charge in [-0.05, 0) is 19.1 Å². The lowest BCUT2D eigenvalue weighted by molar-refractivity contribution is -0.115. The average molecular weight is 175 g/mol. The fourth-order valence-corrected chi connectivity index (χ4v) is 1.23. The second-order valence-electron chi connectivity index (χ2n) is 2.95. The topological polar surface area (TPSA) is 54.4 Å². The van der Waals surface area contributed by atoms with Crippen molar-refractivity contribution in [1.29, 1.82) is 0 Å². The standard InChI is InChI=1S/C9H9N3O/c1-6-5-8(13)12-7-3-2-4-10-9(7)11-6/h2-4H,5H2,1H3,(H,12,13). The van der Waals surface area contributed by atoms with Crippen LogP contribution in [0.25, 0.3) is 0 Å². The van der Waals surface area contributed by atoms with Crippen LogP contribution in [0.3, 0.4) is 0 Å². The van der Waals surface area contributed by atoms with E-state index in [1.54, 1.807) is 18.3 Å². The molecule has 0 unspecified atom stereocenters. The van der Waals surface area contributed by atoms with Gasteiger partial charge in [0.05, 0.1) is 12.1 Å². The number of aliphatic imine (C=N–C) groups is 1. The van der Waals surface area contributed by atoms with Crippen LogP contribution in [0.5, 0.6) is 0 Å². The second kappa shape index (κ2) is 2.97. The van der Waals surface area contributed by atoms with Crippen LogP contribution in [-0.4, -0.2) is 16.6 Å². The first-order valence-corrected chi connectivity index (χ1v) is 4.05. The van der Waals surface area contributed by atoms with Gasteiger partial charge in [0.25, 0.3) is 0 Å². The molecule has 1 aliphatic heterocycles. The fraction of sp³-hybridized carbons (Fsp3) is 0.222. The highest BCUT2D eigenvalue weighted by molar-refractivity contribution is 6.09. The van der Waals surface area contributed by atoms with Gasteiger partial charge in [0.1, 0.15) is 0 Å². The summed E-state index contributed by atoms with van der Waals surface area (Å²) in [7, 11) is 0. The number of carbonyl (C=O) groups is 1. The Morgan fingerprint density at radius 1 is 1.54 bits per heavy atom. The lowest BCUT2D eigenvalue weighted by atomic mass is 10.3. The molecule has 0 aliphatic carbocycles. The Hall–Kier alpha value is -1.71.